The van der Waals surface area contributed by atoms with E-state index in [-0.39, 0.29) is 49.3 Å². The number of hydroxylamine groups is 1. The molecule has 1 amide bonds. The smallest absolute Gasteiger partial charge is 1.00 e. The summed E-state index contributed by atoms with van der Waals surface area (Å²) in [7, 11) is 0. The van der Waals surface area contributed by atoms with E-state index in [1.807, 2.05) is 0 Å². The summed E-state index contributed by atoms with van der Waals surface area (Å²) in [5.74, 6) is -0.263. The average Bonchev–Trinajstić information content (AvgIpc) is 2.34. The van der Waals surface area contributed by atoms with Gasteiger partial charge in [0.05, 0.1) is 0 Å². The number of nitrogens with one attached hydrogen (secondary N) is 2. The van der Waals surface area contributed by atoms with Crippen LogP contribution in [0.3, 0.4) is 0 Å². The average molecular weight is 208 g/mol. The second-order valence-electron chi connectivity index (χ2n) is 2.91. The SMILES string of the molecule is CC(=O)C=C(C)NC1CONC1=O.[H-].[Na+]. The first kappa shape index (κ1) is 13.6. The van der Waals surface area contributed by atoms with E-state index in [2.05, 4.69) is 10.8 Å². The molecule has 0 aliphatic carbocycles. The molecule has 1 aliphatic rings. The zero-order valence-corrected chi connectivity index (χ0v) is 10.6. The molecule has 0 aromatic heterocycles. The zero-order chi connectivity index (χ0) is 9.84. The van der Waals surface area contributed by atoms with Gasteiger partial charge < -0.3 is 6.74 Å². The van der Waals surface area contributed by atoms with Gasteiger partial charge in [-0.15, -0.1) is 0 Å². The molecule has 1 heterocycles. The minimum Gasteiger partial charge on any atom is -1.00 e. The Morgan fingerprint density at radius 2 is 2.36 bits per heavy atom. The first-order chi connectivity index (χ1) is 6.09. The standard InChI is InChI=1S/C8H12N2O3.Na.H/c1-5(3-6(2)11)9-7-4-13-10-8(7)12;;/h3,7,9H,4H2,1-2H3,(H,10,12);;/q;+1;-1. The maximum Gasteiger partial charge on any atom is 1.00 e. The van der Waals surface area contributed by atoms with Gasteiger partial charge in [0.1, 0.15) is 12.6 Å². The van der Waals surface area contributed by atoms with Crippen molar-refractivity contribution in [2.24, 2.45) is 0 Å². The summed E-state index contributed by atoms with van der Waals surface area (Å²) in [6, 6.07) is -0.393. The third-order valence-corrected chi connectivity index (χ3v) is 1.56. The van der Waals surface area contributed by atoms with Gasteiger partial charge in [0, 0.05) is 5.70 Å². The van der Waals surface area contributed by atoms with Crippen LogP contribution in [0.4, 0.5) is 0 Å². The van der Waals surface area contributed by atoms with Crippen molar-refractivity contribution in [3.63, 3.8) is 0 Å². The van der Waals surface area contributed by atoms with Crippen LogP contribution in [0.5, 0.6) is 0 Å². The maximum absolute atomic E-state index is 11.0. The predicted octanol–water partition coefficient (Wildman–Crippen LogP) is -3.38. The summed E-state index contributed by atoms with van der Waals surface area (Å²) >= 11 is 0. The number of amides is 1. The molecule has 1 atom stereocenters. The minimum atomic E-state index is -0.393. The monoisotopic (exact) mass is 208 g/mol. The number of carbonyl (C=O) groups is 2. The van der Waals surface area contributed by atoms with Crippen LogP contribution < -0.4 is 40.4 Å². The molecule has 14 heavy (non-hydrogen) atoms. The van der Waals surface area contributed by atoms with Gasteiger partial charge in [0.25, 0.3) is 5.91 Å². The number of hydrogen-bond donors (Lipinski definition) is 2. The van der Waals surface area contributed by atoms with Crippen LogP contribution in [0.15, 0.2) is 11.8 Å². The summed E-state index contributed by atoms with van der Waals surface area (Å²) in [5.41, 5.74) is 2.88. The quantitative estimate of drug-likeness (QED) is 0.375. The van der Waals surface area contributed by atoms with Gasteiger partial charge in [-0.2, -0.15) is 0 Å². The number of allylic oxidation sites excluding steroid dienone is 2. The minimum absolute atomic E-state index is 0. The fourth-order valence-corrected chi connectivity index (χ4v) is 1.07. The van der Waals surface area contributed by atoms with E-state index in [9.17, 15) is 9.59 Å². The molecule has 5 nitrogen and oxygen atoms in total. The molecule has 1 rings (SSSR count). The van der Waals surface area contributed by atoms with Crippen LogP contribution in [0.1, 0.15) is 15.3 Å². The van der Waals surface area contributed by atoms with E-state index >= 15 is 0 Å². The molecule has 6 heteroatoms. The molecule has 0 saturated carbocycles. The summed E-state index contributed by atoms with van der Waals surface area (Å²) in [4.78, 5) is 26.3. The van der Waals surface area contributed by atoms with Crippen molar-refractivity contribution in [1.29, 1.82) is 0 Å². The molecular formula is C8H13N2NaO3. The largest absolute Gasteiger partial charge is 1.00 e. The summed E-state index contributed by atoms with van der Waals surface area (Å²) < 4.78 is 0. The van der Waals surface area contributed by atoms with Crippen molar-refractivity contribution >= 4 is 11.7 Å². The predicted molar refractivity (Wildman–Crippen MR) is 46.6 cm³/mol. The third-order valence-electron chi connectivity index (χ3n) is 1.56. The van der Waals surface area contributed by atoms with Gasteiger partial charge in [-0.1, -0.05) is 0 Å². The Balaban J connectivity index is 0. The Hall–Kier alpha value is -0.360. The van der Waals surface area contributed by atoms with E-state index in [1.165, 1.54) is 13.0 Å². The van der Waals surface area contributed by atoms with Crippen molar-refractivity contribution in [2.45, 2.75) is 19.9 Å². The van der Waals surface area contributed by atoms with Crippen LogP contribution in [0, 0.1) is 0 Å². The van der Waals surface area contributed by atoms with Gasteiger partial charge >= 0.3 is 29.6 Å². The third kappa shape index (κ3) is 4.23. The van der Waals surface area contributed by atoms with Crippen LogP contribution in [-0.2, 0) is 14.4 Å². The van der Waals surface area contributed by atoms with E-state index in [4.69, 9.17) is 4.84 Å². The summed E-state index contributed by atoms with van der Waals surface area (Å²) in [6.45, 7) is 3.46. The van der Waals surface area contributed by atoms with Crippen LogP contribution >= 0.6 is 0 Å². The first-order valence-corrected chi connectivity index (χ1v) is 3.96. The van der Waals surface area contributed by atoms with Crippen molar-refractivity contribution in [3.8, 4) is 0 Å². The molecule has 1 aliphatic heterocycles. The van der Waals surface area contributed by atoms with Crippen molar-refractivity contribution in [2.75, 3.05) is 6.61 Å². The van der Waals surface area contributed by atoms with Gasteiger partial charge in [0.2, 0.25) is 0 Å². The summed E-state index contributed by atoms with van der Waals surface area (Å²) in [6.07, 6.45) is 1.44. The molecule has 0 bridgehead atoms. The topological polar surface area (TPSA) is 67.4 Å². The molecular weight excluding hydrogens is 195 g/mol. The molecule has 0 spiro atoms. The Kier molecular flexibility index (Phi) is 6.03. The molecule has 0 aromatic carbocycles. The van der Waals surface area contributed by atoms with Gasteiger partial charge in [-0.25, -0.2) is 5.48 Å². The van der Waals surface area contributed by atoms with Crippen LogP contribution in [0.25, 0.3) is 0 Å². The second-order valence-corrected chi connectivity index (χ2v) is 2.91. The Morgan fingerprint density at radius 3 is 2.79 bits per heavy atom. The van der Waals surface area contributed by atoms with E-state index < -0.39 is 6.04 Å². The summed E-state index contributed by atoms with van der Waals surface area (Å²) in [5, 5.41) is 2.86. The van der Waals surface area contributed by atoms with Gasteiger partial charge in [0.15, 0.2) is 5.78 Å². The van der Waals surface area contributed by atoms with Crippen molar-refractivity contribution in [3.05, 3.63) is 11.8 Å². The van der Waals surface area contributed by atoms with E-state index in [1.54, 1.807) is 6.92 Å². The number of rotatable bonds is 3. The first-order valence-electron chi connectivity index (χ1n) is 3.96. The van der Waals surface area contributed by atoms with Crippen LogP contribution in [-0.4, -0.2) is 24.3 Å². The number of ketones is 1. The normalized spacial score (nSPS) is 21.1. The van der Waals surface area contributed by atoms with Gasteiger partial charge in [-0.05, 0) is 19.9 Å². The number of hydrogen-bond acceptors (Lipinski definition) is 4. The fourth-order valence-electron chi connectivity index (χ4n) is 1.07. The Bertz CT molecular complexity index is 271. The molecule has 1 unspecified atom stereocenters. The number of carbonyl (C=O) groups excluding carboxylic acids is 2. The van der Waals surface area contributed by atoms with Gasteiger partial charge in [-0.3, -0.25) is 14.4 Å². The Morgan fingerprint density at radius 1 is 1.71 bits per heavy atom. The van der Waals surface area contributed by atoms with Crippen LogP contribution in [0.2, 0.25) is 0 Å². The Labute approximate surface area is 106 Å². The molecule has 0 aromatic rings. The second kappa shape index (κ2) is 6.19. The maximum atomic E-state index is 11.0. The van der Waals surface area contributed by atoms with E-state index in [0.717, 1.165) is 0 Å². The zero-order valence-electron chi connectivity index (χ0n) is 9.59. The van der Waals surface area contributed by atoms with Crippen molar-refractivity contribution < 1.29 is 45.4 Å². The van der Waals surface area contributed by atoms with E-state index in [0.29, 0.717) is 5.70 Å². The fraction of sp³-hybridized carbons (Fsp3) is 0.500. The van der Waals surface area contributed by atoms with Crippen molar-refractivity contribution in [1.82, 2.24) is 10.8 Å². The molecule has 0 radical (unpaired) electrons. The molecule has 2 N–H and O–H groups in total. The molecule has 1 saturated heterocycles. The molecule has 1 fully saturated rings. The molecule has 74 valence electrons.